The summed E-state index contributed by atoms with van der Waals surface area (Å²) in [6.45, 7) is 5.96. The second kappa shape index (κ2) is 10.2. The van der Waals surface area contributed by atoms with E-state index < -0.39 is 0 Å². The third kappa shape index (κ3) is 4.64. The normalized spacial score (nSPS) is 19.4. The van der Waals surface area contributed by atoms with Crippen molar-refractivity contribution in [2.75, 3.05) is 18.0 Å². The second-order valence-corrected chi connectivity index (χ2v) is 10.4. The first-order chi connectivity index (χ1) is 16.5. The predicted octanol–water partition coefficient (Wildman–Crippen LogP) is 7.47. The monoisotopic (exact) mass is 480 g/mol. The Morgan fingerprint density at radius 3 is 2.71 bits per heavy atom. The first-order valence-corrected chi connectivity index (χ1v) is 13.3. The molecule has 6 bridgehead atoms. The van der Waals surface area contributed by atoms with Crippen molar-refractivity contribution in [1.82, 2.24) is 15.0 Å². The summed E-state index contributed by atoms with van der Waals surface area (Å²) in [5, 5.41) is 1.41. The lowest BCUT2D eigenvalue weighted by Gasteiger charge is -2.34. The van der Waals surface area contributed by atoms with Gasteiger partial charge in [0.05, 0.1) is 5.39 Å². The molecule has 1 unspecified atom stereocenters. The lowest BCUT2D eigenvalue weighted by atomic mass is 9.92. The Hall–Kier alpha value is -2.27. The molecule has 0 N–H and O–H groups in total. The van der Waals surface area contributed by atoms with Crippen LogP contribution in [0.1, 0.15) is 75.2 Å². The zero-order chi connectivity index (χ0) is 23.7. The van der Waals surface area contributed by atoms with Crippen LogP contribution in [0.5, 0.6) is 0 Å². The lowest BCUT2D eigenvalue weighted by Crippen LogP contribution is -2.36. The summed E-state index contributed by atoms with van der Waals surface area (Å²) in [6, 6.07) is 4.00. The van der Waals surface area contributed by atoms with E-state index in [0.29, 0.717) is 39.8 Å². The molecule has 1 saturated heterocycles. The maximum atomic E-state index is 16.2. The average molecular weight is 481 g/mol. The zero-order valence-electron chi connectivity index (χ0n) is 20.3. The van der Waals surface area contributed by atoms with Crippen molar-refractivity contribution in [2.24, 2.45) is 5.92 Å². The fourth-order valence-electron chi connectivity index (χ4n) is 5.67. The van der Waals surface area contributed by atoms with Crippen molar-refractivity contribution in [1.29, 1.82) is 0 Å². The van der Waals surface area contributed by atoms with E-state index in [1.54, 1.807) is 6.20 Å². The number of piperidine rings is 1. The smallest absolute Gasteiger partial charge is 0.175 e. The van der Waals surface area contributed by atoms with E-state index >= 15 is 4.39 Å². The minimum atomic E-state index is -0.364. The molecule has 0 saturated carbocycles. The van der Waals surface area contributed by atoms with Crippen LogP contribution in [-0.4, -0.2) is 28.0 Å². The van der Waals surface area contributed by atoms with Crippen LogP contribution in [0.2, 0.25) is 5.02 Å². The van der Waals surface area contributed by atoms with Gasteiger partial charge < -0.3 is 4.90 Å². The third-order valence-corrected chi connectivity index (χ3v) is 7.82. The lowest BCUT2D eigenvalue weighted by molar-refractivity contribution is 0.374. The largest absolute Gasteiger partial charge is 0.356 e. The van der Waals surface area contributed by atoms with Gasteiger partial charge in [0, 0.05) is 36.3 Å². The van der Waals surface area contributed by atoms with E-state index in [-0.39, 0.29) is 5.82 Å². The molecule has 180 valence electrons. The van der Waals surface area contributed by atoms with Crippen LogP contribution < -0.4 is 4.90 Å². The standard InChI is InChI=1S/C28H34ClFN4/c1-3-24-32-27-22-16-31-26(25(27)30)21-14-18(2)15-23(29)20(21)12-8-6-4-5-7-10-19-11-9-13-34(17-19)28(22)33-24/h14-16,19H,3-13,17H2,1-2H3. The van der Waals surface area contributed by atoms with Gasteiger partial charge in [-0.25, -0.2) is 14.4 Å². The maximum absolute atomic E-state index is 16.2. The summed E-state index contributed by atoms with van der Waals surface area (Å²) in [5.74, 6) is 1.83. The van der Waals surface area contributed by atoms with E-state index in [0.717, 1.165) is 54.9 Å². The molecule has 2 aromatic heterocycles. The average Bonchev–Trinajstić information content (AvgIpc) is 2.84. The Balaban J connectivity index is 1.71. The molecule has 0 aliphatic carbocycles. The van der Waals surface area contributed by atoms with Crippen LogP contribution in [0.25, 0.3) is 22.2 Å². The van der Waals surface area contributed by atoms with Crippen LogP contribution in [-0.2, 0) is 12.8 Å². The molecular formula is C28H34ClFN4. The number of pyridine rings is 1. The number of hydrogen-bond acceptors (Lipinski definition) is 4. The molecule has 5 heterocycles. The van der Waals surface area contributed by atoms with Crippen molar-refractivity contribution in [3.05, 3.63) is 46.1 Å². The van der Waals surface area contributed by atoms with E-state index in [1.165, 1.54) is 38.5 Å². The quantitative estimate of drug-likeness (QED) is 0.362. The summed E-state index contributed by atoms with van der Waals surface area (Å²) in [4.78, 5) is 16.6. The van der Waals surface area contributed by atoms with Crippen LogP contribution in [0.15, 0.2) is 18.3 Å². The number of halogens is 2. The Kier molecular flexibility index (Phi) is 7.01. The summed E-state index contributed by atoms with van der Waals surface area (Å²) >= 11 is 6.70. The summed E-state index contributed by atoms with van der Waals surface area (Å²) in [7, 11) is 0. The van der Waals surface area contributed by atoms with Gasteiger partial charge in [-0.3, -0.25) is 4.98 Å². The van der Waals surface area contributed by atoms with Crippen LogP contribution in [0, 0.1) is 18.7 Å². The minimum Gasteiger partial charge on any atom is -0.356 e. The van der Waals surface area contributed by atoms with Crippen LogP contribution in [0.3, 0.4) is 0 Å². The second-order valence-electron chi connectivity index (χ2n) is 10.0. The number of aryl methyl sites for hydroxylation is 2. The molecule has 1 atom stereocenters. The van der Waals surface area contributed by atoms with Gasteiger partial charge in [-0.15, -0.1) is 0 Å². The van der Waals surface area contributed by atoms with E-state index in [4.69, 9.17) is 16.6 Å². The molecular weight excluding hydrogens is 447 g/mol. The Morgan fingerprint density at radius 2 is 1.85 bits per heavy atom. The van der Waals surface area contributed by atoms with Gasteiger partial charge in [0.25, 0.3) is 0 Å². The van der Waals surface area contributed by atoms with Gasteiger partial charge in [0.15, 0.2) is 5.82 Å². The first kappa shape index (κ1) is 23.5. The molecule has 0 radical (unpaired) electrons. The van der Waals surface area contributed by atoms with Gasteiger partial charge >= 0.3 is 0 Å². The number of fused-ring (bicyclic) bond motifs is 7. The molecule has 6 rings (SSSR count). The SMILES string of the molecule is CCc1nc2c3cnc(c(F)c3n1)-c1cc(C)cc(Cl)c1CCCCCCCC1CCCN2C1. The summed E-state index contributed by atoms with van der Waals surface area (Å²) < 4.78 is 16.2. The zero-order valence-corrected chi connectivity index (χ0v) is 21.1. The number of aromatic nitrogens is 3. The molecule has 3 aliphatic heterocycles. The van der Waals surface area contributed by atoms with Crippen molar-refractivity contribution < 1.29 is 4.39 Å². The predicted molar refractivity (Wildman–Crippen MR) is 138 cm³/mol. The fraction of sp³-hybridized carbons (Fsp3) is 0.536. The van der Waals surface area contributed by atoms with Crippen molar-refractivity contribution >= 4 is 28.3 Å². The topological polar surface area (TPSA) is 41.9 Å². The molecule has 0 amide bonds. The van der Waals surface area contributed by atoms with Gasteiger partial charge in [0.1, 0.15) is 22.9 Å². The Morgan fingerprint density at radius 1 is 1.06 bits per heavy atom. The molecule has 0 spiro atoms. The highest BCUT2D eigenvalue weighted by Crippen LogP contribution is 2.37. The van der Waals surface area contributed by atoms with E-state index in [2.05, 4.69) is 14.9 Å². The third-order valence-electron chi connectivity index (χ3n) is 7.48. The Bertz CT molecular complexity index is 1190. The Labute approximate surface area is 207 Å². The molecule has 4 nitrogen and oxygen atoms in total. The van der Waals surface area contributed by atoms with Gasteiger partial charge in [-0.05, 0) is 68.2 Å². The molecule has 3 aromatic rings. The number of hydrogen-bond donors (Lipinski definition) is 0. The number of anilines is 1. The highest BCUT2D eigenvalue weighted by Gasteiger charge is 2.26. The molecule has 1 aromatic carbocycles. The van der Waals surface area contributed by atoms with Gasteiger partial charge in [-0.2, -0.15) is 0 Å². The van der Waals surface area contributed by atoms with Crippen molar-refractivity contribution in [3.63, 3.8) is 0 Å². The first-order valence-electron chi connectivity index (χ1n) is 12.9. The maximum Gasteiger partial charge on any atom is 0.175 e. The van der Waals surface area contributed by atoms with E-state index in [1.807, 2.05) is 26.0 Å². The minimum absolute atomic E-state index is 0.348. The van der Waals surface area contributed by atoms with E-state index in [9.17, 15) is 0 Å². The van der Waals surface area contributed by atoms with Crippen LogP contribution in [0.4, 0.5) is 10.2 Å². The van der Waals surface area contributed by atoms with Crippen molar-refractivity contribution in [3.8, 4) is 11.3 Å². The summed E-state index contributed by atoms with van der Waals surface area (Å²) in [6.07, 6.45) is 13.0. The molecule has 34 heavy (non-hydrogen) atoms. The molecule has 6 heteroatoms. The van der Waals surface area contributed by atoms with Crippen LogP contribution >= 0.6 is 11.6 Å². The number of benzene rings is 1. The van der Waals surface area contributed by atoms with Crippen molar-refractivity contribution in [2.45, 2.75) is 78.1 Å². The molecule has 1 fully saturated rings. The number of nitrogens with zero attached hydrogens (tertiary/aromatic N) is 4. The highest BCUT2D eigenvalue weighted by molar-refractivity contribution is 6.31. The summed E-state index contributed by atoms with van der Waals surface area (Å²) in [5.41, 5.74) is 3.52. The van der Waals surface area contributed by atoms with Gasteiger partial charge in [0.2, 0.25) is 0 Å². The highest BCUT2D eigenvalue weighted by atomic mass is 35.5. The molecule has 3 aliphatic rings. The van der Waals surface area contributed by atoms with Gasteiger partial charge in [-0.1, -0.05) is 44.2 Å². The fourth-order valence-corrected chi connectivity index (χ4v) is 6.04. The number of rotatable bonds is 1.